The van der Waals surface area contributed by atoms with Gasteiger partial charge < -0.3 is 10.6 Å². The number of carbonyl (C=O) groups is 2. The fraction of sp³-hybridized carbons (Fsp3) is 0.235. The monoisotopic (exact) mass is 310 g/mol. The number of aromatic amines is 1. The van der Waals surface area contributed by atoms with Gasteiger partial charge in [-0.2, -0.15) is 5.10 Å². The first kappa shape index (κ1) is 15.0. The highest BCUT2D eigenvalue weighted by Crippen LogP contribution is 2.38. The Hall–Kier alpha value is -2.89. The highest BCUT2D eigenvalue weighted by atomic mass is 16.2. The van der Waals surface area contributed by atoms with Gasteiger partial charge in [-0.1, -0.05) is 6.07 Å². The molecule has 0 atom stereocenters. The zero-order valence-corrected chi connectivity index (χ0v) is 13.2. The molecule has 0 radical (unpaired) electrons. The summed E-state index contributed by atoms with van der Waals surface area (Å²) in [7, 11) is 0. The zero-order chi connectivity index (χ0) is 16.6. The van der Waals surface area contributed by atoms with E-state index in [-0.39, 0.29) is 11.8 Å². The van der Waals surface area contributed by atoms with Gasteiger partial charge in [0.15, 0.2) is 0 Å². The Labute approximate surface area is 134 Å². The van der Waals surface area contributed by atoms with Crippen molar-refractivity contribution >= 4 is 29.3 Å². The highest BCUT2D eigenvalue weighted by Gasteiger charge is 2.38. The molecule has 0 aliphatic carbocycles. The molecule has 3 N–H and O–H groups in total. The smallest absolute Gasteiger partial charge is 0.248 e. The van der Waals surface area contributed by atoms with Crippen molar-refractivity contribution in [3.05, 3.63) is 47.3 Å². The molecular formula is C17H18N4O2. The van der Waals surface area contributed by atoms with Crippen LogP contribution in [0.5, 0.6) is 0 Å². The van der Waals surface area contributed by atoms with Crippen molar-refractivity contribution in [1.82, 2.24) is 10.2 Å². The number of rotatable bonds is 3. The average Bonchev–Trinajstić information content (AvgIpc) is 2.99. The molecule has 0 saturated heterocycles. The van der Waals surface area contributed by atoms with Crippen LogP contribution in [-0.4, -0.2) is 22.0 Å². The Kier molecular flexibility index (Phi) is 3.52. The number of anilines is 2. The van der Waals surface area contributed by atoms with Gasteiger partial charge in [0.2, 0.25) is 11.8 Å². The standard InChI is InChI=1S/C17H18N4O2/c1-10-8-12(21-20-10)5-7-15(22)18-11-4-6-13-14(9-11)19-16(23)17(13,2)3/h4-9H,1-3H3,(H,18,22)(H,19,23)(H,20,21). The predicted octanol–water partition coefficient (Wildman–Crippen LogP) is 2.60. The Morgan fingerprint density at radius 1 is 1.30 bits per heavy atom. The van der Waals surface area contributed by atoms with Crippen LogP contribution in [0.3, 0.4) is 0 Å². The predicted molar refractivity (Wildman–Crippen MR) is 89.1 cm³/mol. The Morgan fingerprint density at radius 3 is 2.78 bits per heavy atom. The maximum atomic E-state index is 12.0. The molecular weight excluding hydrogens is 292 g/mol. The van der Waals surface area contributed by atoms with Crippen molar-refractivity contribution in [2.75, 3.05) is 10.6 Å². The lowest BCUT2D eigenvalue weighted by Crippen LogP contribution is -2.26. The number of hydrogen-bond donors (Lipinski definition) is 3. The molecule has 1 aromatic carbocycles. The maximum Gasteiger partial charge on any atom is 0.248 e. The molecule has 2 heterocycles. The molecule has 23 heavy (non-hydrogen) atoms. The fourth-order valence-corrected chi connectivity index (χ4v) is 2.54. The normalized spacial score (nSPS) is 15.5. The summed E-state index contributed by atoms with van der Waals surface area (Å²) in [5, 5.41) is 12.5. The van der Waals surface area contributed by atoms with E-state index in [9.17, 15) is 9.59 Å². The first-order valence-electron chi connectivity index (χ1n) is 7.33. The van der Waals surface area contributed by atoms with Crippen molar-refractivity contribution in [1.29, 1.82) is 0 Å². The first-order chi connectivity index (χ1) is 10.9. The fourth-order valence-electron chi connectivity index (χ4n) is 2.54. The summed E-state index contributed by atoms with van der Waals surface area (Å²) in [6, 6.07) is 7.28. The van der Waals surface area contributed by atoms with E-state index in [4.69, 9.17) is 0 Å². The van der Waals surface area contributed by atoms with Crippen LogP contribution < -0.4 is 10.6 Å². The number of fused-ring (bicyclic) bond motifs is 1. The van der Waals surface area contributed by atoms with E-state index < -0.39 is 5.41 Å². The van der Waals surface area contributed by atoms with Gasteiger partial charge in [-0.25, -0.2) is 0 Å². The van der Waals surface area contributed by atoms with Crippen LogP contribution in [0.4, 0.5) is 11.4 Å². The Morgan fingerprint density at radius 2 is 2.09 bits per heavy atom. The van der Waals surface area contributed by atoms with Gasteiger partial charge in [0.1, 0.15) is 0 Å². The molecule has 0 bridgehead atoms. The minimum Gasteiger partial charge on any atom is -0.325 e. The second kappa shape index (κ2) is 5.39. The molecule has 1 aliphatic heterocycles. The third kappa shape index (κ3) is 2.88. The molecule has 0 fully saturated rings. The second-order valence-electron chi connectivity index (χ2n) is 6.14. The topological polar surface area (TPSA) is 86.9 Å². The van der Waals surface area contributed by atoms with E-state index in [1.54, 1.807) is 18.2 Å². The van der Waals surface area contributed by atoms with Crippen LogP contribution in [-0.2, 0) is 15.0 Å². The van der Waals surface area contributed by atoms with E-state index in [1.165, 1.54) is 6.08 Å². The summed E-state index contributed by atoms with van der Waals surface area (Å²) in [5.41, 5.74) is 3.39. The summed E-state index contributed by atoms with van der Waals surface area (Å²) in [4.78, 5) is 23.9. The molecule has 6 heteroatoms. The largest absolute Gasteiger partial charge is 0.325 e. The van der Waals surface area contributed by atoms with Crippen molar-refractivity contribution < 1.29 is 9.59 Å². The van der Waals surface area contributed by atoms with Crippen molar-refractivity contribution in [3.63, 3.8) is 0 Å². The molecule has 0 saturated carbocycles. The number of aromatic nitrogens is 2. The quantitative estimate of drug-likeness (QED) is 0.762. The lowest BCUT2D eigenvalue weighted by atomic mass is 9.86. The number of amides is 2. The number of aryl methyl sites for hydroxylation is 1. The van der Waals surface area contributed by atoms with Gasteiger partial charge in [0.05, 0.1) is 11.1 Å². The second-order valence-corrected chi connectivity index (χ2v) is 6.14. The molecule has 6 nitrogen and oxygen atoms in total. The van der Waals surface area contributed by atoms with Crippen molar-refractivity contribution in [2.24, 2.45) is 0 Å². The van der Waals surface area contributed by atoms with Gasteiger partial charge in [0, 0.05) is 23.1 Å². The average molecular weight is 310 g/mol. The minimum absolute atomic E-state index is 0.0372. The molecule has 0 spiro atoms. The maximum absolute atomic E-state index is 12.0. The lowest BCUT2D eigenvalue weighted by Gasteiger charge is -2.15. The molecule has 3 rings (SSSR count). The van der Waals surface area contributed by atoms with Crippen LogP contribution >= 0.6 is 0 Å². The zero-order valence-electron chi connectivity index (χ0n) is 13.2. The van der Waals surface area contributed by atoms with E-state index in [2.05, 4.69) is 20.8 Å². The van der Waals surface area contributed by atoms with Gasteiger partial charge >= 0.3 is 0 Å². The molecule has 0 unspecified atom stereocenters. The van der Waals surface area contributed by atoms with E-state index >= 15 is 0 Å². The number of carbonyl (C=O) groups excluding carboxylic acids is 2. The first-order valence-corrected chi connectivity index (χ1v) is 7.33. The summed E-state index contributed by atoms with van der Waals surface area (Å²) in [6.07, 6.45) is 3.06. The van der Waals surface area contributed by atoms with E-state index in [0.717, 1.165) is 16.9 Å². The minimum atomic E-state index is -0.546. The van der Waals surface area contributed by atoms with Gasteiger partial charge in [-0.15, -0.1) is 0 Å². The van der Waals surface area contributed by atoms with Gasteiger partial charge in [0.25, 0.3) is 0 Å². The summed E-state index contributed by atoms with van der Waals surface area (Å²) in [5.74, 6) is -0.293. The van der Waals surface area contributed by atoms with Crippen LogP contribution in [0, 0.1) is 6.92 Å². The third-order valence-electron chi connectivity index (χ3n) is 3.91. The van der Waals surface area contributed by atoms with Crippen molar-refractivity contribution in [2.45, 2.75) is 26.2 Å². The highest BCUT2D eigenvalue weighted by molar-refractivity contribution is 6.07. The van der Waals surface area contributed by atoms with Crippen LogP contribution in [0.1, 0.15) is 30.8 Å². The van der Waals surface area contributed by atoms with E-state index in [0.29, 0.717) is 11.4 Å². The summed E-state index contributed by atoms with van der Waals surface area (Å²) in [6.45, 7) is 5.65. The number of nitrogens with zero attached hydrogens (tertiary/aromatic N) is 1. The lowest BCUT2D eigenvalue weighted by molar-refractivity contribution is -0.119. The number of nitrogens with one attached hydrogen (secondary N) is 3. The molecule has 118 valence electrons. The van der Waals surface area contributed by atoms with E-state index in [1.807, 2.05) is 32.9 Å². The molecule has 1 aliphatic rings. The molecule has 2 amide bonds. The van der Waals surface area contributed by atoms with Gasteiger partial charge in [-0.05, 0) is 50.6 Å². The van der Waals surface area contributed by atoms with Crippen LogP contribution in [0.15, 0.2) is 30.3 Å². The summed E-state index contributed by atoms with van der Waals surface area (Å²) >= 11 is 0. The Balaban J connectivity index is 1.72. The van der Waals surface area contributed by atoms with Gasteiger partial charge in [-0.3, -0.25) is 14.7 Å². The number of benzene rings is 1. The molecule has 1 aromatic heterocycles. The Bertz CT molecular complexity index is 818. The van der Waals surface area contributed by atoms with Crippen LogP contribution in [0.2, 0.25) is 0 Å². The van der Waals surface area contributed by atoms with Crippen LogP contribution in [0.25, 0.3) is 6.08 Å². The van der Waals surface area contributed by atoms with Crippen molar-refractivity contribution in [3.8, 4) is 0 Å². The number of H-pyrrole nitrogens is 1. The molecule has 2 aromatic rings. The SMILES string of the molecule is Cc1cc(C=CC(=O)Nc2ccc3c(c2)NC(=O)C3(C)C)n[nH]1. The third-order valence-corrected chi connectivity index (χ3v) is 3.91. The summed E-state index contributed by atoms with van der Waals surface area (Å²) < 4.78 is 0. The number of hydrogen-bond acceptors (Lipinski definition) is 3.